The molecule has 2 heterocycles. The standard InChI is InChI=1S/C16H13F3N4O/c17-16(18,19)9-24-15-11(4-3-7-20-15)8-21-14-12-5-1-2-6-13(12)22-10-23-14/h1-7,10H,8-9H2,(H,21,22,23). The zero-order valence-corrected chi connectivity index (χ0v) is 12.4. The highest BCUT2D eigenvalue weighted by Gasteiger charge is 2.29. The molecule has 5 nitrogen and oxygen atoms in total. The number of para-hydroxylation sites is 1. The van der Waals surface area contributed by atoms with Crippen LogP contribution in [0.2, 0.25) is 0 Å². The molecule has 0 amide bonds. The second-order valence-corrected chi connectivity index (χ2v) is 4.96. The third-order valence-corrected chi connectivity index (χ3v) is 3.21. The fraction of sp³-hybridized carbons (Fsp3) is 0.188. The van der Waals surface area contributed by atoms with Crippen LogP contribution >= 0.6 is 0 Å². The molecule has 2 aromatic heterocycles. The van der Waals surface area contributed by atoms with Gasteiger partial charge in [-0.05, 0) is 18.2 Å². The summed E-state index contributed by atoms with van der Waals surface area (Å²) in [5.74, 6) is 0.534. The van der Waals surface area contributed by atoms with Gasteiger partial charge in [-0.1, -0.05) is 18.2 Å². The predicted octanol–water partition coefficient (Wildman–Crippen LogP) is 3.58. The van der Waals surface area contributed by atoms with Crippen LogP contribution in [0.25, 0.3) is 10.9 Å². The van der Waals surface area contributed by atoms with Gasteiger partial charge in [-0.25, -0.2) is 15.0 Å². The molecule has 0 spiro atoms. The number of halogens is 3. The van der Waals surface area contributed by atoms with Crippen LogP contribution in [0.1, 0.15) is 5.56 Å². The largest absolute Gasteiger partial charge is 0.468 e. The van der Waals surface area contributed by atoms with Crippen molar-refractivity contribution in [2.75, 3.05) is 11.9 Å². The number of hydrogen-bond acceptors (Lipinski definition) is 5. The van der Waals surface area contributed by atoms with Gasteiger partial charge in [0, 0.05) is 23.7 Å². The average molecular weight is 334 g/mol. The number of hydrogen-bond donors (Lipinski definition) is 1. The molecule has 24 heavy (non-hydrogen) atoms. The minimum Gasteiger partial charge on any atom is -0.468 e. The lowest BCUT2D eigenvalue weighted by molar-refractivity contribution is -0.154. The highest BCUT2D eigenvalue weighted by Crippen LogP contribution is 2.22. The molecule has 0 radical (unpaired) electrons. The highest BCUT2D eigenvalue weighted by atomic mass is 19.4. The highest BCUT2D eigenvalue weighted by molar-refractivity contribution is 5.88. The maximum Gasteiger partial charge on any atom is 0.422 e. The Bertz CT molecular complexity index is 833. The number of aromatic nitrogens is 3. The van der Waals surface area contributed by atoms with Crippen LogP contribution in [0.4, 0.5) is 19.0 Å². The van der Waals surface area contributed by atoms with E-state index in [-0.39, 0.29) is 12.4 Å². The zero-order chi connectivity index (χ0) is 17.0. The van der Waals surface area contributed by atoms with E-state index in [1.807, 2.05) is 24.3 Å². The molecular formula is C16H13F3N4O. The van der Waals surface area contributed by atoms with Gasteiger partial charge in [0.1, 0.15) is 12.1 Å². The van der Waals surface area contributed by atoms with E-state index in [4.69, 9.17) is 4.74 Å². The normalized spacial score (nSPS) is 11.5. The molecule has 0 saturated heterocycles. The Morgan fingerprint density at radius 2 is 1.83 bits per heavy atom. The first-order valence-electron chi connectivity index (χ1n) is 7.10. The topological polar surface area (TPSA) is 59.9 Å². The van der Waals surface area contributed by atoms with Gasteiger partial charge in [-0.15, -0.1) is 0 Å². The quantitative estimate of drug-likeness (QED) is 0.773. The Labute approximate surface area is 135 Å². The van der Waals surface area contributed by atoms with Crippen molar-refractivity contribution in [2.24, 2.45) is 0 Å². The Morgan fingerprint density at radius 1 is 1.00 bits per heavy atom. The first-order chi connectivity index (χ1) is 11.5. The molecule has 1 aromatic carbocycles. The zero-order valence-electron chi connectivity index (χ0n) is 12.4. The van der Waals surface area contributed by atoms with Gasteiger partial charge in [0.25, 0.3) is 0 Å². The molecule has 0 aliphatic rings. The monoisotopic (exact) mass is 334 g/mol. The summed E-state index contributed by atoms with van der Waals surface area (Å²) in [5, 5.41) is 3.91. The average Bonchev–Trinajstić information content (AvgIpc) is 2.58. The van der Waals surface area contributed by atoms with Crippen molar-refractivity contribution in [3.05, 3.63) is 54.5 Å². The van der Waals surface area contributed by atoms with Crippen LogP contribution in [-0.2, 0) is 6.54 Å². The molecule has 0 aliphatic heterocycles. The van der Waals surface area contributed by atoms with Gasteiger partial charge < -0.3 is 10.1 Å². The number of benzene rings is 1. The third-order valence-electron chi connectivity index (χ3n) is 3.21. The van der Waals surface area contributed by atoms with E-state index in [9.17, 15) is 13.2 Å². The van der Waals surface area contributed by atoms with Crippen molar-refractivity contribution in [3.8, 4) is 5.88 Å². The summed E-state index contributed by atoms with van der Waals surface area (Å²) in [5.41, 5.74) is 1.28. The maximum atomic E-state index is 12.3. The predicted molar refractivity (Wildman–Crippen MR) is 82.7 cm³/mol. The van der Waals surface area contributed by atoms with E-state index in [2.05, 4.69) is 20.3 Å². The lowest BCUT2D eigenvalue weighted by Gasteiger charge is -2.13. The smallest absolute Gasteiger partial charge is 0.422 e. The molecular weight excluding hydrogens is 321 g/mol. The third kappa shape index (κ3) is 3.89. The van der Waals surface area contributed by atoms with Crippen molar-refractivity contribution < 1.29 is 17.9 Å². The maximum absolute atomic E-state index is 12.3. The van der Waals surface area contributed by atoms with Crippen LogP contribution < -0.4 is 10.1 Å². The molecule has 0 fully saturated rings. The second-order valence-electron chi connectivity index (χ2n) is 4.96. The number of alkyl halides is 3. The van der Waals surface area contributed by atoms with Gasteiger partial charge in [0.15, 0.2) is 6.61 Å². The number of nitrogens with one attached hydrogen (secondary N) is 1. The number of anilines is 1. The number of fused-ring (bicyclic) bond motifs is 1. The minimum absolute atomic E-state index is 0.0549. The van der Waals surface area contributed by atoms with Crippen LogP contribution in [0.15, 0.2) is 48.9 Å². The van der Waals surface area contributed by atoms with Gasteiger partial charge in [0.2, 0.25) is 5.88 Å². The van der Waals surface area contributed by atoms with E-state index in [0.29, 0.717) is 11.4 Å². The van der Waals surface area contributed by atoms with E-state index in [1.165, 1.54) is 12.5 Å². The van der Waals surface area contributed by atoms with Crippen LogP contribution in [0, 0.1) is 0 Å². The molecule has 0 saturated carbocycles. The molecule has 8 heteroatoms. The summed E-state index contributed by atoms with van der Waals surface area (Å²) >= 11 is 0. The summed E-state index contributed by atoms with van der Waals surface area (Å²) < 4.78 is 41.7. The summed E-state index contributed by atoms with van der Waals surface area (Å²) in [6, 6.07) is 10.7. The van der Waals surface area contributed by atoms with Crippen molar-refractivity contribution >= 4 is 16.7 Å². The lowest BCUT2D eigenvalue weighted by Crippen LogP contribution is -2.20. The fourth-order valence-corrected chi connectivity index (χ4v) is 2.16. The SMILES string of the molecule is FC(F)(F)COc1ncccc1CNc1ncnc2ccccc12. The van der Waals surface area contributed by atoms with E-state index in [1.54, 1.807) is 12.1 Å². The van der Waals surface area contributed by atoms with Crippen molar-refractivity contribution in [2.45, 2.75) is 12.7 Å². The molecule has 3 aromatic rings. The van der Waals surface area contributed by atoms with Gasteiger partial charge >= 0.3 is 6.18 Å². The first-order valence-corrected chi connectivity index (χ1v) is 7.10. The molecule has 3 rings (SSSR count). The van der Waals surface area contributed by atoms with E-state index in [0.717, 1.165) is 10.9 Å². The minimum atomic E-state index is -4.41. The fourth-order valence-electron chi connectivity index (χ4n) is 2.16. The summed E-state index contributed by atoms with van der Waals surface area (Å²) in [4.78, 5) is 12.2. The van der Waals surface area contributed by atoms with Crippen molar-refractivity contribution in [3.63, 3.8) is 0 Å². The lowest BCUT2D eigenvalue weighted by atomic mass is 10.2. The molecule has 0 bridgehead atoms. The number of ether oxygens (including phenoxy) is 1. The van der Waals surface area contributed by atoms with Crippen LogP contribution in [-0.4, -0.2) is 27.7 Å². The number of pyridine rings is 1. The second kappa shape index (κ2) is 6.69. The summed E-state index contributed by atoms with van der Waals surface area (Å²) in [6.45, 7) is -1.16. The molecule has 0 unspecified atom stereocenters. The van der Waals surface area contributed by atoms with Crippen molar-refractivity contribution in [1.82, 2.24) is 15.0 Å². The Balaban J connectivity index is 1.77. The molecule has 1 N–H and O–H groups in total. The van der Waals surface area contributed by atoms with Gasteiger partial charge in [-0.2, -0.15) is 13.2 Å². The molecule has 124 valence electrons. The van der Waals surface area contributed by atoms with Crippen molar-refractivity contribution in [1.29, 1.82) is 0 Å². The van der Waals surface area contributed by atoms with Crippen LogP contribution in [0.5, 0.6) is 5.88 Å². The number of nitrogens with zero attached hydrogens (tertiary/aromatic N) is 3. The first kappa shape index (κ1) is 16.0. The Morgan fingerprint density at radius 3 is 2.67 bits per heavy atom. The van der Waals surface area contributed by atoms with Gasteiger partial charge in [-0.3, -0.25) is 0 Å². The van der Waals surface area contributed by atoms with Crippen LogP contribution in [0.3, 0.4) is 0 Å². The molecule has 0 aliphatic carbocycles. The molecule has 0 atom stereocenters. The Kier molecular flexibility index (Phi) is 4.45. The number of rotatable bonds is 5. The Hall–Kier alpha value is -2.90. The summed E-state index contributed by atoms with van der Waals surface area (Å²) in [6.07, 6.45) is -1.60. The van der Waals surface area contributed by atoms with E-state index >= 15 is 0 Å². The summed E-state index contributed by atoms with van der Waals surface area (Å²) in [7, 11) is 0. The van der Waals surface area contributed by atoms with Gasteiger partial charge in [0.05, 0.1) is 5.52 Å². The van der Waals surface area contributed by atoms with E-state index < -0.39 is 12.8 Å².